The number of carbonyl (C=O) groups excluding carboxylic acids is 2. The standard InChI is InChI=1S/C15H28O4/c1-6-10-11-15(12(5)7-2,13(16)18-8-3)14(17)19-9-4/h12H,6-11H2,1-5H3/t12-/m0/s1. The number of carbonyl (C=O) groups is 2. The van der Waals surface area contributed by atoms with Crippen LogP contribution in [0.3, 0.4) is 0 Å². The largest absolute Gasteiger partial charge is 0.465 e. The van der Waals surface area contributed by atoms with Crippen molar-refractivity contribution < 1.29 is 19.1 Å². The lowest BCUT2D eigenvalue weighted by atomic mass is 9.71. The molecule has 0 amide bonds. The van der Waals surface area contributed by atoms with Crippen molar-refractivity contribution >= 4 is 11.9 Å². The first-order chi connectivity index (χ1) is 9.00. The lowest BCUT2D eigenvalue weighted by molar-refractivity contribution is -0.177. The summed E-state index contributed by atoms with van der Waals surface area (Å²) in [5.74, 6) is -0.954. The summed E-state index contributed by atoms with van der Waals surface area (Å²) in [7, 11) is 0. The summed E-state index contributed by atoms with van der Waals surface area (Å²) in [5, 5.41) is 0. The Bertz CT molecular complexity index is 268. The normalized spacial score (nSPS) is 12.9. The van der Waals surface area contributed by atoms with Gasteiger partial charge in [0.25, 0.3) is 0 Å². The molecule has 0 N–H and O–H groups in total. The van der Waals surface area contributed by atoms with Gasteiger partial charge in [-0.25, -0.2) is 0 Å². The van der Waals surface area contributed by atoms with Crippen molar-refractivity contribution in [2.24, 2.45) is 11.3 Å². The molecule has 0 aliphatic carbocycles. The first-order valence-corrected chi connectivity index (χ1v) is 7.35. The molecule has 0 unspecified atom stereocenters. The molecule has 19 heavy (non-hydrogen) atoms. The number of hydrogen-bond donors (Lipinski definition) is 0. The van der Waals surface area contributed by atoms with Crippen molar-refractivity contribution in [3.63, 3.8) is 0 Å². The SMILES string of the molecule is CCCCC(C(=O)OCC)(C(=O)OCC)[C@@H](C)CC. The first-order valence-electron chi connectivity index (χ1n) is 7.35. The van der Waals surface area contributed by atoms with E-state index in [1.165, 1.54) is 0 Å². The molecule has 0 aromatic carbocycles. The highest BCUT2D eigenvalue weighted by molar-refractivity contribution is 6.00. The number of esters is 2. The lowest BCUT2D eigenvalue weighted by Crippen LogP contribution is -2.47. The van der Waals surface area contributed by atoms with Gasteiger partial charge in [0.1, 0.15) is 0 Å². The van der Waals surface area contributed by atoms with Crippen LogP contribution in [0.4, 0.5) is 0 Å². The third-order valence-electron chi connectivity index (χ3n) is 3.66. The van der Waals surface area contributed by atoms with E-state index in [4.69, 9.17) is 9.47 Å². The minimum Gasteiger partial charge on any atom is -0.465 e. The highest BCUT2D eigenvalue weighted by Gasteiger charge is 2.51. The van der Waals surface area contributed by atoms with Gasteiger partial charge in [-0.1, -0.05) is 40.0 Å². The van der Waals surface area contributed by atoms with Crippen LogP contribution in [0.25, 0.3) is 0 Å². The summed E-state index contributed by atoms with van der Waals surface area (Å²) >= 11 is 0. The molecular weight excluding hydrogens is 244 g/mol. The highest BCUT2D eigenvalue weighted by atomic mass is 16.6. The van der Waals surface area contributed by atoms with E-state index >= 15 is 0 Å². The van der Waals surface area contributed by atoms with Crippen molar-refractivity contribution in [1.82, 2.24) is 0 Å². The monoisotopic (exact) mass is 272 g/mol. The molecular formula is C15H28O4. The van der Waals surface area contributed by atoms with Crippen molar-refractivity contribution in [3.8, 4) is 0 Å². The maximum absolute atomic E-state index is 12.4. The molecule has 0 bridgehead atoms. The van der Waals surface area contributed by atoms with Crippen molar-refractivity contribution in [1.29, 1.82) is 0 Å². The molecule has 4 heteroatoms. The second-order valence-corrected chi connectivity index (χ2v) is 4.83. The summed E-state index contributed by atoms with van der Waals surface area (Å²) in [4.78, 5) is 24.7. The first kappa shape index (κ1) is 17.9. The van der Waals surface area contributed by atoms with Crippen LogP contribution in [0.1, 0.15) is 60.3 Å². The Morgan fingerprint density at radius 3 is 1.79 bits per heavy atom. The van der Waals surface area contributed by atoms with Crippen LogP contribution in [0.5, 0.6) is 0 Å². The van der Waals surface area contributed by atoms with Crippen LogP contribution in [-0.2, 0) is 19.1 Å². The Balaban J connectivity index is 5.42. The van der Waals surface area contributed by atoms with E-state index in [9.17, 15) is 9.59 Å². The van der Waals surface area contributed by atoms with Gasteiger partial charge in [-0.2, -0.15) is 0 Å². The number of rotatable bonds is 9. The Hall–Kier alpha value is -1.06. The van der Waals surface area contributed by atoms with Gasteiger partial charge in [-0.05, 0) is 26.2 Å². The van der Waals surface area contributed by atoms with Crippen LogP contribution in [0.2, 0.25) is 0 Å². The molecule has 0 aliphatic rings. The summed E-state index contributed by atoms with van der Waals surface area (Å²) in [6.45, 7) is 10.0. The van der Waals surface area contributed by atoms with Gasteiger partial charge in [0, 0.05) is 0 Å². The minimum absolute atomic E-state index is 0.0860. The molecule has 0 saturated carbocycles. The molecule has 0 aromatic heterocycles. The fourth-order valence-electron chi connectivity index (χ4n) is 2.26. The molecule has 0 aliphatic heterocycles. The second-order valence-electron chi connectivity index (χ2n) is 4.83. The molecule has 0 saturated heterocycles. The zero-order valence-electron chi connectivity index (χ0n) is 13.0. The maximum Gasteiger partial charge on any atom is 0.323 e. The summed E-state index contributed by atoms with van der Waals surface area (Å²) in [6.07, 6.45) is 2.97. The lowest BCUT2D eigenvalue weighted by Gasteiger charge is -2.34. The maximum atomic E-state index is 12.4. The summed E-state index contributed by atoms with van der Waals surface area (Å²) in [6, 6.07) is 0. The van der Waals surface area contributed by atoms with Crippen molar-refractivity contribution in [3.05, 3.63) is 0 Å². The number of hydrogen-bond acceptors (Lipinski definition) is 4. The molecule has 0 heterocycles. The molecule has 4 nitrogen and oxygen atoms in total. The molecule has 112 valence electrons. The van der Waals surface area contributed by atoms with E-state index in [-0.39, 0.29) is 19.1 Å². The fourth-order valence-corrected chi connectivity index (χ4v) is 2.26. The van der Waals surface area contributed by atoms with Gasteiger partial charge in [-0.15, -0.1) is 0 Å². The third kappa shape index (κ3) is 4.22. The Morgan fingerprint density at radius 1 is 1.00 bits per heavy atom. The average molecular weight is 272 g/mol. The Morgan fingerprint density at radius 2 is 1.47 bits per heavy atom. The highest BCUT2D eigenvalue weighted by Crippen LogP contribution is 2.38. The average Bonchev–Trinajstić information content (AvgIpc) is 2.39. The van der Waals surface area contributed by atoms with Crippen LogP contribution in [0, 0.1) is 11.3 Å². The van der Waals surface area contributed by atoms with Crippen LogP contribution in [0.15, 0.2) is 0 Å². The smallest absolute Gasteiger partial charge is 0.323 e. The van der Waals surface area contributed by atoms with Crippen molar-refractivity contribution in [2.75, 3.05) is 13.2 Å². The van der Waals surface area contributed by atoms with Gasteiger partial charge in [0.05, 0.1) is 13.2 Å². The van der Waals surface area contributed by atoms with Gasteiger partial charge < -0.3 is 9.47 Å². The molecule has 0 rings (SSSR count). The van der Waals surface area contributed by atoms with Crippen LogP contribution in [-0.4, -0.2) is 25.2 Å². The summed E-state index contributed by atoms with van der Waals surface area (Å²) in [5.41, 5.74) is -1.14. The van der Waals surface area contributed by atoms with E-state index in [1.54, 1.807) is 13.8 Å². The van der Waals surface area contributed by atoms with E-state index in [0.717, 1.165) is 19.3 Å². The Kier molecular flexibility index (Phi) is 8.44. The van der Waals surface area contributed by atoms with Gasteiger partial charge in [0.2, 0.25) is 0 Å². The summed E-state index contributed by atoms with van der Waals surface area (Å²) < 4.78 is 10.3. The van der Waals surface area contributed by atoms with Gasteiger partial charge >= 0.3 is 11.9 Å². The topological polar surface area (TPSA) is 52.6 Å². The van der Waals surface area contributed by atoms with E-state index in [0.29, 0.717) is 6.42 Å². The number of ether oxygens (including phenoxy) is 2. The van der Waals surface area contributed by atoms with Crippen LogP contribution < -0.4 is 0 Å². The van der Waals surface area contributed by atoms with Gasteiger partial charge in [0.15, 0.2) is 5.41 Å². The molecule has 0 radical (unpaired) electrons. The fraction of sp³-hybridized carbons (Fsp3) is 0.867. The molecule has 0 aromatic rings. The zero-order valence-corrected chi connectivity index (χ0v) is 13.0. The van der Waals surface area contributed by atoms with E-state index < -0.39 is 17.4 Å². The predicted molar refractivity (Wildman–Crippen MR) is 74.7 cm³/mol. The molecule has 1 atom stereocenters. The van der Waals surface area contributed by atoms with E-state index in [2.05, 4.69) is 0 Å². The minimum atomic E-state index is -1.14. The predicted octanol–water partition coefficient (Wildman–Crippen LogP) is 3.34. The van der Waals surface area contributed by atoms with Crippen LogP contribution >= 0.6 is 0 Å². The van der Waals surface area contributed by atoms with Crippen molar-refractivity contribution in [2.45, 2.75) is 60.3 Å². The Labute approximate surface area is 116 Å². The van der Waals surface area contributed by atoms with E-state index in [1.807, 2.05) is 20.8 Å². The van der Waals surface area contributed by atoms with Gasteiger partial charge in [-0.3, -0.25) is 9.59 Å². The third-order valence-corrected chi connectivity index (χ3v) is 3.66. The zero-order chi connectivity index (χ0) is 14.9. The molecule has 0 fully saturated rings. The number of unbranched alkanes of at least 4 members (excludes halogenated alkanes) is 1. The second kappa shape index (κ2) is 8.94. The quantitative estimate of drug-likeness (QED) is 0.477. The molecule has 0 spiro atoms.